The average molecular weight is 520 g/mol. The number of amides is 2. The second-order valence-corrected chi connectivity index (χ2v) is 9.35. The predicted octanol–water partition coefficient (Wildman–Crippen LogP) is 4.73. The minimum Gasteiger partial charge on any atom is -0.475 e. The first kappa shape index (κ1) is 24.0. The standard InChI is InChI=1S/C27H22ClN3O4S/c1-15-7-12-22-19(13-15)23(28)20(24(29)35-22)14-21-25(32)30-27(36)31(26(21)33)16-8-10-18(11-9-16)34-17-5-3-2-4-6-17/h2-14,20,23-24H,29H2,1H3,(H,30,32,36)/b21-14+. The third-order valence-electron chi connectivity index (χ3n) is 5.98. The highest BCUT2D eigenvalue weighted by atomic mass is 35.5. The van der Waals surface area contributed by atoms with Gasteiger partial charge in [0.05, 0.1) is 11.1 Å². The molecule has 5 rings (SSSR count). The van der Waals surface area contributed by atoms with Crippen LogP contribution in [0.3, 0.4) is 0 Å². The Morgan fingerprint density at radius 3 is 2.47 bits per heavy atom. The van der Waals surface area contributed by atoms with Crippen LogP contribution in [0.1, 0.15) is 16.5 Å². The monoisotopic (exact) mass is 519 g/mol. The second-order valence-electron chi connectivity index (χ2n) is 8.49. The fourth-order valence-corrected chi connectivity index (χ4v) is 4.83. The molecule has 2 aliphatic rings. The zero-order valence-electron chi connectivity index (χ0n) is 19.2. The minimum absolute atomic E-state index is 0.0218. The van der Waals surface area contributed by atoms with E-state index in [2.05, 4.69) is 5.32 Å². The number of carbonyl (C=O) groups excluding carboxylic acids is 2. The fourth-order valence-electron chi connectivity index (χ4n) is 4.16. The molecule has 3 unspecified atom stereocenters. The molecule has 2 amide bonds. The van der Waals surface area contributed by atoms with Crippen LogP contribution in [0.2, 0.25) is 0 Å². The van der Waals surface area contributed by atoms with Crippen molar-refractivity contribution in [2.45, 2.75) is 18.5 Å². The molecule has 1 saturated heterocycles. The minimum atomic E-state index is -0.840. The highest BCUT2D eigenvalue weighted by Crippen LogP contribution is 2.43. The molecule has 7 nitrogen and oxygen atoms in total. The Balaban J connectivity index is 1.42. The van der Waals surface area contributed by atoms with E-state index in [1.165, 1.54) is 11.0 Å². The summed E-state index contributed by atoms with van der Waals surface area (Å²) in [5.41, 5.74) is 8.36. The summed E-state index contributed by atoms with van der Waals surface area (Å²) in [5, 5.41) is 1.97. The van der Waals surface area contributed by atoms with Gasteiger partial charge < -0.3 is 9.47 Å². The largest absolute Gasteiger partial charge is 0.475 e. The first-order valence-corrected chi connectivity index (χ1v) is 12.1. The topological polar surface area (TPSA) is 93.9 Å². The second kappa shape index (κ2) is 9.73. The molecule has 0 spiro atoms. The lowest BCUT2D eigenvalue weighted by molar-refractivity contribution is -0.122. The first-order chi connectivity index (χ1) is 17.3. The number of halogens is 1. The van der Waals surface area contributed by atoms with Gasteiger partial charge in [-0.15, -0.1) is 11.6 Å². The van der Waals surface area contributed by atoms with Gasteiger partial charge in [-0.3, -0.25) is 25.5 Å². The van der Waals surface area contributed by atoms with Gasteiger partial charge in [0, 0.05) is 11.5 Å². The lowest BCUT2D eigenvalue weighted by atomic mass is 9.90. The number of fused-ring (bicyclic) bond motifs is 1. The van der Waals surface area contributed by atoms with E-state index in [4.69, 9.17) is 39.0 Å². The number of nitrogens with two attached hydrogens (primary N) is 1. The van der Waals surface area contributed by atoms with Crippen LogP contribution < -0.4 is 25.4 Å². The van der Waals surface area contributed by atoms with Crippen molar-refractivity contribution in [3.63, 3.8) is 0 Å². The number of aryl methyl sites for hydroxylation is 1. The predicted molar refractivity (Wildman–Crippen MR) is 141 cm³/mol. The van der Waals surface area contributed by atoms with Crippen molar-refractivity contribution < 1.29 is 19.1 Å². The van der Waals surface area contributed by atoms with Gasteiger partial charge in [0.1, 0.15) is 22.8 Å². The highest BCUT2D eigenvalue weighted by molar-refractivity contribution is 7.80. The molecule has 0 bridgehead atoms. The van der Waals surface area contributed by atoms with E-state index in [1.54, 1.807) is 24.3 Å². The molecule has 9 heteroatoms. The smallest absolute Gasteiger partial charge is 0.269 e. The van der Waals surface area contributed by atoms with Gasteiger partial charge in [0.25, 0.3) is 11.8 Å². The van der Waals surface area contributed by atoms with E-state index >= 15 is 0 Å². The van der Waals surface area contributed by atoms with Gasteiger partial charge in [0.15, 0.2) is 11.3 Å². The summed E-state index contributed by atoms with van der Waals surface area (Å²) in [7, 11) is 0. The molecule has 0 radical (unpaired) electrons. The lowest BCUT2D eigenvalue weighted by Gasteiger charge is -2.35. The summed E-state index contributed by atoms with van der Waals surface area (Å²) in [6.45, 7) is 1.94. The Hall–Kier alpha value is -3.72. The molecule has 0 aromatic heterocycles. The average Bonchev–Trinajstić information content (AvgIpc) is 2.85. The van der Waals surface area contributed by atoms with Crippen molar-refractivity contribution in [3.8, 4) is 17.2 Å². The third kappa shape index (κ3) is 4.58. The van der Waals surface area contributed by atoms with Crippen LogP contribution in [0, 0.1) is 12.8 Å². The molecule has 0 aliphatic carbocycles. The number of alkyl halides is 1. The van der Waals surface area contributed by atoms with Gasteiger partial charge in [-0.05, 0) is 61.6 Å². The summed E-state index contributed by atoms with van der Waals surface area (Å²) < 4.78 is 11.6. The Kier molecular flexibility index (Phi) is 6.49. The summed E-state index contributed by atoms with van der Waals surface area (Å²) in [6.07, 6.45) is 0.639. The SMILES string of the molecule is Cc1ccc2c(c1)C(Cl)C(/C=C1\C(=O)NC(=S)N(c3ccc(Oc4ccccc4)cc3)C1=O)C(N)O2. The number of thiocarbonyl (C=S) groups is 1. The van der Waals surface area contributed by atoms with Crippen LogP contribution in [0.4, 0.5) is 5.69 Å². The van der Waals surface area contributed by atoms with Crippen molar-refractivity contribution in [2.24, 2.45) is 11.7 Å². The van der Waals surface area contributed by atoms with Gasteiger partial charge in [0.2, 0.25) is 0 Å². The van der Waals surface area contributed by atoms with Crippen LogP contribution >= 0.6 is 23.8 Å². The third-order valence-corrected chi connectivity index (χ3v) is 6.79. The van der Waals surface area contributed by atoms with E-state index in [0.29, 0.717) is 22.9 Å². The van der Waals surface area contributed by atoms with E-state index in [1.807, 2.05) is 55.5 Å². The number of rotatable bonds is 4. The summed E-state index contributed by atoms with van der Waals surface area (Å²) in [6, 6.07) is 21.8. The van der Waals surface area contributed by atoms with Crippen molar-refractivity contribution >= 4 is 46.4 Å². The van der Waals surface area contributed by atoms with Crippen LogP contribution in [0.25, 0.3) is 0 Å². The van der Waals surface area contributed by atoms with E-state index in [-0.39, 0.29) is 10.7 Å². The number of hydrogen-bond donors (Lipinski definition) is 2. The van der Waals surface area contributed by atoms with Gasteiger partial charge in [-0.1, -0.05) is 42.0 Å². The van der Waals surface area contributed by atoms with Gasteiger partial charge in [-0.2, -0.15) is 0 Å². The Bertz CT molecular complexity index is 1380. The fraction of sp³-hybridized carbons (Fsp3) is 0.148. The zero-order chi connectivity index (χ0) is 25.4. The molecule has 0 saturated carbocycles. The summed E-state index contributed by atoms with van der Waals surface area (Å²) in [5.74, 6) is 0.0433. The molecule has 2 aliphatic heterocycles. The Morgan fingerprint density at radius 1 is 1.06 bits per heavy atom. The first-order valence-electron chi connectivity index (χ1n) is 11.2. The molecule has 182 valence electrons. The number of nitrogens with one attached hydrogen (secondary N) is 1. The molecule has 3 aromatic rings. The number of nitrogens with zero attached hydrogens (tertiary/aromatic N) is 1. The molecule has 3 aromatic carbocycles. The van der Waals surface area contributed by atoms with Crippen LogP contribution in [-0.4, -0.2) is 23.2 Å². The molecule has 36 heavy (non-hydrogen) atoms. The maximum Gasteiger partial charge on any atom is 0.269 e. The highest BCUT2D eigenvalue weighted by Gasteiger charge is 2.39. The number of hydrogen-bond acceptors (Lipinski definition) is 6. The van der Waals surface area contributed by atoms with Crippen LogP contribution in [-0.2, 0) is 9.59 Å². The molecular formula is C27H22ClN3O4S. The number of anilines is 1. The van der Waals surface area contributed by atoms with Gasteiger partial charge >= 0.3 is 0 Å². The molecule has 1 fully saturated rings. The maximum absolute atomic E-state index is 13.5. The normalized spacial score (nSPS) is 22.6. The van der Waals surface area contributed by atoms with Crippen LogP contribution in [0.15, 0.2) is 84.4 Å². The molecule has 2 heterocycles. The number of benzene rings is 3. The molecule has 3 N–H and O–H groups in total. The Labute approximate surface area is 218 Å². The number of carbonyl (C=O) groups is 2. The zero-order valence-corrected chi connectivity index (χ0v) is 20.8. The summed E-state index contributed by atoms with van der Waals surface area (Å²) in [4.78, 5) is 27.5. The van der Waals surface area contributed by atoms with Crippen molar-refractivity contribution in [1.29, 1.82) is 0 Å². The maximum atomic E-state index is 13.5. The molecule has 3 atom stereocenters. The van der Waals surface area contributed by atoms with E-state index in [0.717, 1.165) is 11.1 Å². The lowest BCUT2D eigenvalue weighted by Crippen LogP contribution is -2.54. The van der Waals surface area contributed by atoms with Gasteiger partial charge in [-0.25, -0.2) is 0 Å². The van der Waals surface area contributed by atoms with Crippen molar-refractivity contribution in [2.75, 3.05) is 4.90 Å². The number of para-hydroxylation sites is 1. The van der Waals surface area contributed by atoms with E-state index < -0.39 is 29.3 Å². The van der Waals surface area contributed by atoms with Crippen molar-refractivity contribution in [3.05, 3.63) is 95.6 Å². The van der Waals surface area contributed by atoms with Crippen LogP contribution in [0.5, 0.6) is 17.2 Å². The number of ether oxygens (including phenoxy) is 2. The van der Waals surface area contributed by atoms with Crippen molar-refractivity contribution in [1.82, 2.24) is 5.32 Å². The quantitative estimate of drug-likeness (QED) is 0.224. The summed E-state index contributed by atoms with van der Waals surface area (Å²) >= 11 is 12.1. The van der Waals surface area contributed by atoms with E-state index in [9.17, 15) is 9.59 Å². The Morgan fingerprint density at radius 2 is 1.75 bits per heavy atom. The molecular weight excluding hydrogens is 498 g/mol.